The number of tetrazole rings is 1. The Bertz CT molecular complexity index is 876. The van der Waals surface area contributed by atoms with Crippen LogP contribution in [0.1, 0.15) is 16.2 Å². The molecular formula is C16H14ClN5O2. The highest BCUT2D eigenvalue weighted by molar-refractivity contribution is 6.30. The summed E-state index contributed by atoms with van der Waals surface area (Å²) in [6.07, 6.45) is 0. The van der Waals surface area contributed by atoms with Gasteiger partial charge >= 0.3 is 0 Å². The van der Waals surface area contributed by atoms with Gasteiger partial charge in [0.25, 0.3) is 5.91 Å². The van der Waals surface area contributed by atoms with Gasteiger partial charge in [0.2, 0.25) is 0 Å². The Morgan fingerprint density at radius 2 is 1.96 bits per heavy atom. The van der Waals surface area contributed by atoms with Crippen molar-refractivity contribution in [2.24, 2.45) is 0 Å². The number of nitrogens with one attached hydrogen (secondary N) is 1. The highest BCUT2D eigenvalue weighted by atomic mass is 35.5. The van der Waals surface area contributed by atoms with Gasteiger partial charge in [0.05, 0.1) is 7.11 Å². The maximum absolute atomic E-state index is 12.3. The number of carbonyl (C=O) groups is 1. The number of aryl methyl sites for hydroxylation is 1. The van der Waals surface area contributed by atoms with E-state index in [1.54, 1.807) is 56.5 Å². The molecule has 122 valence electrons. The van der Waals surface area contributed by atoms with Gasteiger partial charge in [-0.2, -0.15) is 4.68 Å². The predicted octanol–water partition coefficient (Wildman–Crippen LogP) is 2.89. The van der Waals surface area contributed by atoms with Crippen LogP contribution in [0, 0.1) is 6.92 Å². The van der Waals surface area contributed by atoms with Crippen molar-refractivity contribution >= 4 is 23.2 Å². The molecule has 3 aromatic rings. The van der Waals surface area contributed by atoms with E-state index in [1.807, 2.05) is 0 Å². The van der Waals surface area contributed by atoms with E-state index in [2.05, 4.69) is 20.8 Å². The van der Waals surface area contributed by atoms with Crippen LogP contribution in [0.5, 0.6) is 5.75 Å². The number of ether oxygens (including phenoxy) is 1. The smallest absolute Gasteiger partial charge is 0.255 e. The Labute approximate surface area is 143 Å². The van der Waals surface area contributed by atoms with E-state index in [-0.39, 0.29) is 5.91 Å². The minimum absolute atomic E-state index is 0.240. The fourth-order valence-corrected chi connectivity index (χ4v) is 2.32. The second-order valence-electron chi connectivity index (χ2n) is 4.99. The van der Waals surface area contributed by atoms with Gasteiger partial charge in [-0.1, -0.05) is 11.6 Å². The fourth-order valence-electron chi connectivity index (χ4n) is 2.19. The summed E-state index contributed by atoms with van der Waals surface area (Å²) in [7, 11) is 1.56. The minimum atomic E-state index is -0.240. The molecule has 2 aromatic carbocycles. The largest absolute Gasteiger partial charge is 0.494 e. The van der Waals surface area contributed by atoms with Crippen LogP contribution in [0.3, 0.4) is 0 Å². The molecule has 0 unspecified atom stereocenters. The standard InChI is InChI=1S/C16H14ClN5O2/c1-10-19-20-21-22(10)14-9-13(7-8-15(14)24-2)18-16(23)11-3-5-12(17)6-4-11/h3-9H,1-2H3,(H,18,23). The first-order valence-corrected chi connectivity index (χ1v) is 7.46. The van der Waals surface area contributed by atoms with Crippen molar-refractivity contribution in [1.82, 2.24) is 20.2 Å². The lowest BCUT2D eigenvalue weighted by Gasteiger charge is -2.12. The second kappa shape index (κ2) is 6.67. The molecule has 0 spiro atoms. The monoisotopic (exact) mass is 343 g/mol. The number of aromatic nitrogens is 4. The summed E-state index contributed by atoms with van der Waals surface area (Å²) in [5, 5.41) is 14.8. The van der Waals surface area contributed by atoms with Gasteiger partial charge in [-0.25, -0.2) is 0 Å². The van der Waals surface area contributed by atoms with E-state index in [1.165, 1.54) is 4.68 Å². The van der Waals surface area contributed by atoms with E-state index < -0.39 is 0 Å². The third-order valence-corrected chi connectivity index (χ3v) is 3.65. The number of rotatable bonds is 4. The second-order valence-corrected chi connectivity index (χ2v) is 5.42. The minimum Gasteiger partial charge on any atom is -0.494 e. The van der Waals surface area contributed by atoms with E-state index in [0.29, 0.717) is 33.5 Å². The maximum atomic E-state index is 12.3. The zero-order chi connectivity index (χ0) is 17.1. The van der Waals surface area contributed by atoms with Crippen molar-refractivity contribution < 1.29 is 9.53 Å². The Kier molecular flexibility index (Phi) is 4.43. The molecule has 3 rings (SSSR count). The fraction of sp³-hybridized carbons (Fsp3) is 0.125. The van der Waals surface area contributed by atoms with Gasteiger partial charge in [0.1, 0.15) is 11.4 Å². The molecule has 0 radical (unpaired) electrons. The molecule has 0 saturated carbocycles. The Balaban J connectivity index is 1.90. The van der Waals surface area contributed by atoms with Crippen molar-refractivity contribution in [2.45, 2.75) is 6.92 Å². The van der Waals surface area contributed by atoms with Crippen LogP contribution in [-0.2, 0) is 0 Å². The molecule has 0 bridgehead atoms. The summed E-state index contributed by atoms with van der Waals surface area (Å²) in [4.78, 5) is 12.3. The average molecular weight is 344 g/mol. The summed E-state index contributed by atoms with van der Waals surface area (Å²) in [6, 6.07) is 11.9. The van der Waals surface area contributed by atoms with Crippen LogP contribution in [0.15, 0.2) is 42.5 Å². The molecule has 0 aliphatic carbocycles. The number of nitrogens with zero attached hydrogens (tertiary/aromatic N) is 4. The number of carbonyl (C=O) groups excluding carboxylic acids is 1. The molecule has 24 heavy (non-hydrogen) atoms. The lowest BCUT2D eigenvalue weighted by Crippen LogP contribution is -2.12. The van der Waals surface area contributed by atoms with E-state index in [4.69, 9.17) is 16.3 Å². The lowest BCUT2D eigenvalue weighted by molar-refractivity contribution is 0.102. The summed E-state index contributed by atoms with van der Waals surface area (Å²) >= 11 is 5.84. The van der Waals surface area contributed by atoms with Crippen molar-refractivity contribution in [3.63, 3.8) is 0 Å². The molecule has 1 aromatic heterocycles. The number of halogens is 1. The molecule has 7 nitrogen and oxygen atoms in total. The number of methoxy groups -OCH3 is 1. The Morgan fingerprint density at radius 3 is 2.58 bits per heavy atom. The number of hydrogen-bond acceptors (Lipinski definition) is 5. The van der Waals surface area contributed by atoms with Crippen molar-refractivity contribution in [3.8, 4) is 11.4 Å². The van der Waals surface area contributed by atoms with E-state index in [9.17, 15) is 4.79 Å². The first kappa shape index (κ1) is 15.9. The maximum Gasteiger partial charge on any atom is 0.255 e. The molecule has 1 heterocycles. The molecule has 1 amide bonds. The molecule has 1 N–H and O–H groups in total. The number of amides is 1. The molecule has 8 heteroatoms. The van der Waals surface area contributed by atoms with E-state index in [0.717, 1.165) is 0 Å². The number of anilines is 1. The van der Waals surface area contributed by atoms with Gasteiger partial charge in [-0.3, -0.25) is 4.79 Å². The third-order valence-electron chi connectivity index (χ3n) is 3.40. The Hall–Kier alpha value is -2.93. The van der Waals surface area contributed by atoms with Crippen LogP contribution in [0.2, 0.25) is 5.02 Å². The average Bonchev–Trinajstić information content (AvgIpc) is 3.01. The van der Waals surface area contributed by atoms with Gasteiger partial charge in [-0.05, 0) is 59.8 Å². The highest BCUT2D eigenvalue weighted by Gasteiger charge is 2.13. The molecule has 0 aliphatic rings. The van der Waals surface area contributed by atoms with Crippen molar-refractivity contribution in [2.75, 3.05) is 12.4 Å². The van der Waals surface area contributed by atoms with Crippen molar-refractivity contribution in [3.05, 3.63) is 58.9 Å². The molecular weight excluding hydrogens is 330 g/mol. The predicted molar refractivity (Wildman–Crippen MR) is 89.8 cm³/mol. The van der Waals surface area contributed by atoms with Gasteiger partial charge < -0.3 is 10.1 Å². The normalized spacial score (nSPS) is 10.5. The lowest BCUT2D eigenvalue weighted by atomic mass is 10.2. The topological polar surface area (TPSA) is 81.9 Å². The van der Waals surface area contributed by atoms with Crippen LogP contribution < -0.4 is 10.1 Å². The van der Waals surface area contributed by atoms with Gasteiger partial charge in [0.15, 0.2) is 5.82 Å². The summed E-state index contributed by atoms with van der Waals surface area (Å²) in [5.74, 6) is 0.959. The quantitative estimate of drug-likeness (QED) is 0.787. The SMILES string of the molecule is COc1ccc(NC(=O)c2ccc(Cl)cc2)cc1-n1nnnc1C. The summed E-state index contributed by atoms with van der Waals surface area (Å²) in [5.41, 5.74) is 1.74. The number of hydrogen-bond donors (Lipinski definition) is 1. The van der Waals surface area contributed by atoms with Crippen LogP contribution in [0.25, 0.3) is 5.69 Å². The van der Waals surface area contributed by atoms with E-state index >= 15 is 0 Å². The molecule has 0 atom stereocenters. The molecule has 0 fully saturated rings. The summed E-state index contributed by atoms with van der Waals surface area (Å²) < 4.78 is 6.88. The molecule has 0 saturated heterocycles. The van der Waals surface area contributed by atoms with Gasteiger partial charge in [-0.15, -0.1) is 5.10 Å². The first-order valence-electron chi connectivity index (χ1n) is 7.09. The highest BCUT2D eigenvalue weighted by Crippen LogP contribution is 2.26. The third kappa shape index (κ3) is 3.21. The van der Waals surface area contributed by atoms with Gasteiger partial charge in [0, 0.05) is 16.3 Å². The summed E-state index contributed by atoms with van der Waals surface area (Å²) in [6.45, 7) is 1.78. The zero-order valence-electron chi connectivity index (χ0n) is 13.0. The van der Waals surface area contributed by atoms with Crippen LogP contribution >= 0.6 is 11.6 Å². The Morgan fingerprint density at radius 1 is 1.21 bits per heavy atom. The van der Waals surface area contributed by atoms with Crippen LogP contribution in [-0.4, -0.2) is 33.2 Å². The first-order chi connectivity index (χ1) is 11.6. The zero-order valence-corrected chi connectivity index (χ0v) is 13.8. The molecule has 0 aliphatic heterocycles. The van der Waals surface area contributed by atoms with Crippen LogP contribution in [0.4, 0.5) is 5.69 Å². The van der Waals surface area contributed by atoms with Crippen molar-refractivity contribution in [1.29, 1.82) is 0 Å². The number of benzene rings is 2.